The van der Waals surface area contributed by atoms with E-state index in [1.165, 1.54) is 38.5 Å². The predicted molar refractivity (Wildman–Crippen MR) is 153 cm³/mol. The third-order valence-corrected chi connectivity index (χ3v) is 12.9. The summed E-state index contributed by atoms with van der Waals surface area (Å²) < 4.78 is 0. The largest absolute Gasteiger partial charge is 0.393 e. The number of nitro benzene ring substituents is 2. The number of benzene rings is 2. The van der Waals surface area contributed by atoms with Gasteiger partial charge in [0.2, 0.25) is 0 Å². The summed E-state index contributed by atoms with van der Waals surface area (Å²) in [6, 6.07) is 11.3. The molecule has 0 aliphatic heterocycles. The van der Waals surface area contributed by atoms with Crippen molar-refractivity contribution in [3.8, 4) is 0 Å². The Morgan fingerprint density at radius 3 is 1.27 bits per heavy atom. The van der Waals surface area contributed by atoms with Gasteiger partial charge in [-0.2, -0.15) is 0 Å². The fourth-order valence-corrected chi connectivity index (χ4v) is 12.5. The van der Waals surface area contributed by atoms with Crippen molar-refractivity contribution in [2.45, 2.75) is 87.9 Å². The molecule has 0 heterocycles. The van der Waals surface area contributed by atoms with Crippen molar-refractivity contribution in [1.29, 1.82) is 0 Å². The molecule has 0 amide bonds. The number of nitrogen functional groups attached to an aromatic ring is 2. The number of hydrogen-bond acceptors (Lipinski definition) is 6. The lowest BCUT2D eigenvalue weighted by molar-refractivity contribution is -0.384. The minimum absolute atomic E-state index is 0.0149. The fraction of sp³-hybridized carbons (Fsp3) is 0.625. The van der Waals surface area contributed by atoms with Gasteiger partial charge < -0.3 is 11.5 Å². The van der Waals surface area contributed by atoms with Gasteiger partial charge in [0.1, 0.15) is 11.4 Å². The Labute approximate surface area is 234 Å². The van der Waals surface area contributed by atoms with Gasteiger partial charge >= 0.3 is 0 Å². The molecule has 8 bridgehead atoms. The standard InChI is InChI=1S/C32H38N4O4/c33-25-3-1-23(7-27(25)35(37)38)29-9-19-5-20(10-29)14-31(13-19,17-29)32-15-21-6-22(16-32)12-30(11-21,18-32)24-2-4-26(34)28(8-24)36(39)40/h1-4,7-8,19-22H,5-6,9-18,33-34H2. The van der Waals surface area contributed by atoms with Crippen LogP contribution in [0, 0.1) is 54.7 Å². The van der Waals surface area contributed by atoms with Crippen molar-refractivity contribution < 1.29 is 9.85 Å². The lowest BCUT2D eigenvalue weighted by Crippen LogP contribution is -2.66. The summed E-state index contributed by atoms with van der Waals surface area (Å²) in [5.41, 5.74) is 15.3. The van der Waals surface area contributed by atoms with Gasteiger partial charge in [0, 0.05) is 12.1 Å². The molecule has 40 heavy (non-hydrogen) atoms. The minimum Gasteiger partial charge on any atom is -0.393 e. The second kappa shape index (κ2) is 7.77. The average Bonchev–Trinajstić information content (AvgIpc) is 2.87. The van der Waals surface area contributed by atoms with Gasteiger partial charge in [-0.3, -0.25) is 20.2 Å². The first-order chi connectivity index (χ1) is 19.0. The van der Waals surface area contributed by atoms with E-state index in [4.69, 9.17) is 11.5 Å². The maximum Gasteiger partial charge on any atom is 0.292 e. The number of nitro groups is 2. The van der Waals surface area contributed by atoms with E-state index < -0.39 is 0 Å². The van der Waals surface area contributed by atoms with Crippen molar-refractivity contribution in [3.63, 3.8) is 0 Å². The van der Waals surface area contributed by atoms with Crippen molar-refractivity contribution >= 4 is 22.7 Å². The van der Waals surface area contributed by atoms with E-state index in [1.54, 1.807) is 24.3 Å². The molecule has 8 saturated carbocycles. The Kier molecular flexibility index (Phi) is 4.78. The summed E-state index contributed by atoms with van der Waals surface area (Å²) in [6.07, 6.45) is 14.4. The van der Waals surface area contributed by atoms with Crippen LogP contribution in [0.15, 0.2) is 36.4 Å². The Morgan fingerprint density at radius 1 is 0.600 bits per heavy atom. The van der Waals surface area contributed by atoms with E-state index in [0.29, 0.717) is 23.7 Å². The lowest BCUT2D eigenvalue weighted by Gasteiger charge is -2.74. The summed E-state index contributed by atoms with van der Waals surface area (Å²) in [5, 5.41) is 23.7. The van der Waals surface area contributed by atoms with Crippen LogP contribution in [0.1, 0.15) is 88.2 Å². The third-order valence-electron chi connectivity index (χ3n) is 12.9. The molecular formula is C32H38N4O4. The van der Waals surface area contributed by atoms with E-state index in [2.05, 4.69) is 12.1 Å². The second-order valence-electron chi connectivity index (χ2n) is 15.1. The molecule has 0 saturated heterocycles. The van der Waals surface area contributed by atoms with E-state index in [-0.39, 0.29) is 54.3 Å². The molecule has 0 spiro atoms. The monoisotopic (exact) mass is 542 g/mol. The van der Waals surface area contributed by atoms with Crippen LogP contribution < -0.4 is 11.5 Å². The maximum atomic E-state index is 11.8. The van der Waals surface area contributed by atoms with Gasteiger partial charge in [0.15, 0.2) is 0 Å². The van der Waals surface area contributed by atoms with Crippen LogP contribution in [0.25, 0.3) is 0 Å². The van der Waals surface area contributed by atoms with Gasteiger partial charge in [-0.25, -0.2) is 0 Å². The Morgan fingerprint density at radius 2 is 0.950 bits per heavy atom. The zero-order valence-electron chi connectivity index (χ0n) is 22.9. The molecule has 0 aromatic heterocycles. The van der Waals surface area contributed by atoms with Gasteiger partial charge in [0.25, 0.3) is 11.4 Å². The number of nitrogens with zero attached hydrogens (tertiary/aromatic N) is 2. The van der Waals surface area contributed by atoms with Crippen LogP contribution in [0.5, 0.6) is 0 Å². The molecule has 210 valence electrons. The van der Waals surface area contributed by atoms with E-state index in [0.717, 1.165) is 49.7 Å². The van der Waals surface area contributed by atoms with Crippen molar-refractivity contribution in [2.75, 3.05) is 11.5 Å². The van der Waals surface area contributed by atoms with E-state index in [9.17, 15) is 20.2 Å². The van der Waals surface area contributed by atoms with Crippen LogP contribution in [-0.2, 0) is 10.8 Å². The molecule has 2 aromatic carbocycles. The van der Waals surface area contributed by atoms with Gasteiger partial charge in [-0.1, -0.05) is 12.1 Å². The van der Waals surface area contributed by atoms with Crippen LogP contribution in [0.2, 0.25) is 0 Å². The van der Waals surface area contributed by atoms with Gasteiger partial charge in [0.05, 0.1) is 9.85 Å². The average molecular weight is 543 g/mol. The van der Waals surface area contributed by atoms with Crippen LogP contribution in [-0.4, -0.2) is 9.85 Å². The van der Waals surface area contributed by atoms with E-state index >= 15 is 0 Å². The highest BCUT2D eigenvalue weighted by molar-refractivity contribution is 5.61. The molecule has 4 unspecified atom stereocenters. The first-order valence-electron chi connectivity index (χ1n) is 15.1. The van der Waals surface area contributed by atoms with Gasteiger partial charge in [-0.15, -0.1) is 0 Å². The molecule has 2 aromatic rings. The fourth-order valence-electron chi connectivity index (χ4n) is 12.5. The zero-order chi connectivity index (χ0) is 27.7. The summed E-state index contributed by atoms with van der Waals surface area (Å²) in [6.45, 7) is 0. The third kappa shape index (κ3) is 3.19. The molecule has 8 fully saturated rings. The normalized spacial score (nSPS) is 42.3. The maximum absolute atomic E-state index is 11.8. The number of nitrogens with two attached hydrogens (primary N) is 2. The molecule has 4 N–H and O–H groups in total. The SMILES string of the molecule is Nc1ccc(C23CC4CC(C2)CC(C25CC6CC(CC(c7ccc(N)c([N+](=O)[O-])c7)(C6)C2)C5)(C4)C3)cc1[N+](=O)[O-]. The summed E-state index contributed by atoms with van der Waals surface area (Å²) in [5.74, 6) is 2.66. The van der Waals surface area contributed by atoms with Crippen molar-refractivity contribution in [3.05, 3.63) is 67.8 Å². The first kappa shape index (κ1) is 24.6. The Balaban J connectivity index is 1.23. The van der Waals surface area contributed by atoms with Crippen LogP contribution in [0.3, 0.4) is 0 Å². The van der Waals surface area contributed by atoms with Gasteiger partial charge in [-0.05, 0) is 146 Å². The lowest BCUT2D eigenvalue weighted by atomic mass is 9.30. The quantitative estimate of drug-likeness (QED) is 0.236. The summed E-state index contributed by atoms with van der Waals surface area (Å²) in [4.78, 5) is 23.0. The van der Waals surface area contributed by atoms with Crippen LogP contribution in [0.4, 0.5) is 22.7 Å². The molecule has 8 heteroatoms. The number of anilines is 2. The molecule has 8 aliphatic carbocycles. The number of rotatable bonds is 5. The number of hydrogen-bond donors (Lipinski definition) is 2. The zero-order valence-corrected chi connectivity index (χ0v) is 22.9. The van der Waals surface area contributed by atoms with Crippen molar-refractivity contribution in [2.24, 2.45) is 34.5 Å². The minimum atomic E-state index is -0.330. The summed E-state index contributed by atoms with van der Waals surface area (Å²) in [7, 11) is 0. The Hall–Kier alpha value is -3.16. The highest BCUT2D eigenvalue weighted by atomic mass is 16.6. The molecule has 4 atom stereocenters. The smallest absolute Gasteiger partial charge is 0.292 e. The summed E-state index contributed by atoms with van der Waals surface area (Å²) >= 11 is 0. The van der Waals surface area contributed by atoms with Crippen molar-refractivity contribution in [1.82, 2.24) is 0 Å². The van der Waals surface area contributed by atoms with E-state index in [1.807, 2.05) is 0 Å². The molecular weight excluding hydrogens is 504 g/mol. The highest BCUT2D eigenvalue weighted by Crippen LogP contribution is 2.78. The predicted octanol–water partition coefficient (Wildman–Crippen LogP) is 7.04. The van der Waals surface area contributed by atoms with Crippen LogP contribution >= 0.6 is 0 Å². The molecule has 10 rings (SSSR count). The second-order valence-corrected chi connectivity index (χ2v) is 15.1. The molecule has 0 radical (unpaired) electrons. The Bertz CT molecular complexity index is 1330. The molecule has 8 nitrogen and oxygen atoms in total. The highest BCUT2D eigenvalue weighted by Gasteiger charge is 2.70. The first-order valence-corrected chi connectivity index (χ1v) is 15.1. The molecule has 8 aliphatic rings. The topological polar surface area (TPSA) is 138 Å².